The van der Waals surface area contributed by atoms with Crippen LogP contribution in [0.3, 0.4) is 0 Å². The topological polar surface area (TPSA) is 80.6 Å². The van der Waals surface area contributed by atoms with Gasteiger partial charge >= 0.3 is 0 Å². The van der Waals surface area contributed by atoms with Gasteiger partial charge < -0.3 is 19.8 Å². The van der Waals surface area contributed by atoms with Crippen LogP contribution in [0.25, 0.3) is 11.0 Å². The molecular formula is C21H20N2O4. The summed E-state index contributed by atoms with van der Waals surface area (Å²) in [6.45, 7) is 0.278. The molecule has 0 aliphatic heterocycles. The molecule has 0 bridgehead atoms. The molecule has 2 aromatic carbocycles. The van der Waals surface area contributed by atoms with Crippen LogP contribution >= 0.6 is 0 Å². The Labute approximate surface area is 156 Å². The lowest BCUT2D eigenvalue weighted by Crippen LogP contribution is -2.25. The van der Waals surface area contributed by atoms with Crippen LogP contribution in [0.2, 0.25) is 0 Å². The van der Waals surface area contributed by atoms with Gasteiger partial charge in [0, 0.05) is 35.4 Å². The summed E-state index contributed by atoms with van der Waals surface area (Å²) >= 11 is 0. The number of hydrogen-bond acceptors (Lipinski definition) is 4. The molecule has 1 fully saturated rings. The number of benzene rings is 2. The third kappa shape index (κ3) is 3.71. The van der Waals surface area contributed by atoms with Gasteiger partial charge in [-0.25, -0.2) is 0 Å². The molecule has 2 amide bonds. The summed E-state index contributed by atoms with van der Waals surface area (Å²) in [6.07, 6.45) is 2.09. The molecule has 1 aliphatic carbocycles. The number of hydrogen-bond donors (Lipinski definition) is 2. The first kappa shape index (κ1) is 17.3. The van der Waals surface area contributed by atoms with Gasteiger partial charge in [-0.15, -0.1) is 0 Å². The van der Waals surface area contributed by atoms with Crippen molar-refractivity contribution in [1.29, 1.82) is 0 Å². The predicted molar refractivity (Wildman–Crippen MR) is 102 cm³/mol. The number of anilines is 1. The lowest BCUT2D eigenvalue weighted by Gasteiger charge is -2.07. The van der Waals surface area contributed by atoms with Gasteiger partial charge in [-0.3, -0.25) is 9.59 Å². The zero-order valence-electron chi connectivity index (χ0n) is 15.0. The fraction of sp³-hybridized carbons (Fsp3) is 0.238. The Morgan fingerprint density at radius 3 is 2.52 bits per heavy atom. The standard InChI is InChI=1S/C21H20N2O4/c1-26-12-17-16-4-2-3-5-18(16)27-19(17)21(25)23-14-8-6-13(7-9-14)20(24)22-15-10-11-15/h2-9,15H,10-12H2,1H3,(H,22,24)(H,23,25). The van der Waals surface area contributed by atoms with Gasteiger partial charge in [0.25, 0.3) is 11.8 Å². The van der Waals surface area contributed by atoms with Gasteiger partial charge in [0.1, 0.15) is 5.58 Å². The minimum Gasteiger partial charge on any atom is -0.451 e. The molecule has 138 valence electrons. The summed E-state index contributed by atoms with van der Waals surface area (Å²) in [7, 11) is 1.58. The monoisotopic (exact) mass is 364 g/mol. The Morgan fingerprint density at radius 2 is 1.81 bits per heavy atom. The molecule has 1 saturated carbocycles. The van der Waals surface area contributed by atoms with Gasteiger partial charge in [0.15, 0.2) is 5.76 Å². The van der Waals surface area contributed by atoms with Gasteiger partial charge in [0.2, 0.25) is 0 Å². The van der Waals surface area contributed by atoms with Crippen LogP contribution in [0.4, 0.5) is 5.69 Å². The van der Waals surface area contributed by atoms with E-state index in [0.717, 1.165) is 18.2 Å². The summed E-state index contributed by atoms with van der Waals surface area (Å²) < 4.78 is 11.0. The van der Waals surface area contributed by atoms with E-state index >= 15 is 0 Å². The van der Waals surface area contributed by atoms with Crippen molar-refractivity contribution >= 4 is 28.5 Å². The molecule has 1 heterocycles. The first-order valence-electron chi connectivity index (χ1n) is 8.87. The van der Waals surface area contributed by atoms with E-state index in [9.17, 15) is 9.59 Å². The van der Waals surface area contributed by atoms with E-state index in [4.69, 9.17) is 9.15 Å². The van der Waals surface area contributed by atoms with E-state index < -0.39 is 0 Å². The van der Waals surface area contributed by atoms with Crippen molar-refractivity contribution in [3.63, 3.8) is 0 Å². The summed E-state index contributed by atoms with van der Waals surface area (Å²) in [6, 6.07) is 14.6. The number of amides is 2. The Balaban J connectivity index is 1.52. The van der Waals surface area contributed by atoms with Crippen LogP contribution < -0.4 is 10.6 Å². The van der Waals surface area contributed by atoms with Crippen molar-refractivity contribution in [2.24, 2.45) is 0 Å². The SMILES string of the molecule is COCc1c(C(=O)Nc2ccc(C(=O)NC3CC3)cc2)oc2ccccc12. The lowest BCUT2D eigenvalue weighted by atomic mass is 10.1. The smallest absolute Gasteiger partial charge is 0.291 e. The van der Waals surface area contributed by atoms with Crippen LogP contribution in [-0.4, -0.2) is 25.0 Å². The molecule has 0 spiro atoms. The van der Waals surface area contributed by atoms with Crippen LogP contribution in [-0.2, 0) is 11.3 Å². The number of carbonyl (C=O) groups excluding carboxylic acids is 2. The summed E-state index contributed by atoms with van der Waals surface area (Å²) in [5, 5.41) is 6.61. The van der Waals surface area contributed by atoms with Crippen molar-refractivity contribution in [1.82, 2.24) is 5.32 Å². The minimum absolute atomic E-state index is 0.0879. The maximum atomic E-state index is 12.7. The highest BCUT2D eigenvalue weighted by atomic mass is 16.5. The normalized spacial score (nSPS) is 13.5. The van der Waals surface area contributed by atoms with E-state index in [1.165, 1.54) is 0 Å². The molecule has 3 aromatic rings. The maximum absolute atomic E-state index is 12.7. The van der Waals surface area contributed by atoms with E-state index in [1.54, 1.807) is 31.4 Å². The lowest BCUT2D eigenvalue weighted by molar-refractivity contribution is 0.0950. The van der Waals surface area contributed by atoms with E-state index in [0.29, 0.717) is 28.4 Å². The molecule has 6 heteroatoms. The molecule has 1 aromatic heterocycles. The molecule has 0 unspecified atom stereocenters. The second-order valence-corrected chi connectivity index (χ2v) is 6.62. The Morgan fingerprint density at radius 1 is 1.07 bits per heavy atom. The molecular weight excluding hydrogens is 344 g/mol. The number of para-hydroxylation sites is 1. The van der Waals surface area contributed by atoms with E-state index in [1.807, 2.05) is 24.3 Å². The average Bonchev–Trinajstić information content (AvgIpc) is 3.42. The number of furan rings is 1. The fourth-order valence-electron chi connectivity index (χ4n) is 2.96. The number of fused-ring (bicyclic) bond motifs is 1. The number of rotatable bonds is 6. The molecule has 27 heavy (non-hydrogen) atoms. The predicted octanol–water partition coefficient (Wildman–Crippen LogP) is 3.72. The second-order valence-electron chi connectivity index (χ2n) is 6.62. The van der Waals surface area contributed by atoms with Crippen LogP contribution in [0.1, 0.15) is 39.3 Å². The maximum Gasteiger partial charge on any atom is 0.291 e. The number of carbonyl (C=O) groups is 2. The zero-order valence-corrected chi connectivity index (χ0v) is 15.0. The van der Waals surface area contributed by atoms with Gasteiger partial charge in [-0.1, -0.05) is 18.2 Å². The molecule has 0 atom stereocenters. The average molecular weight is 364 g/mol. The van der Waals surface area contributed by atoms with E-state index in [2.05, 4.69) is 10.6 Å². The summed E-state index contributed by atoms with van der Waals surface area (Å²) in [4.78, 5) is 24.8. The first-order valence-corrected chi connectivity index (χ1v) is 8.87. The minimum atomic E-state index is -0.353. The van der Waals surface area contributed by atoms with Crippen molar-refractivity contribution in [3.8, 4) is 0 Å². The van der Waals surface area contributed by atoms with Crippen molar-refractivity contribution < 1.29 is 18.7 Å². The Hall–Kier alpha value is -3.12. The molecule has 4 rings (SSSR count). The number of ether oxygens (including phenoxy) is 1. The van der Waals surface area contributed by atoms with Crippen molar-refractivity contribution in [2.45, 2.75) is 25.5 Å². The molecule has 6 nitrogen and oxygen atoms in total. The zero-order chi connectivity index (χ0) is 18.8. The quantitative estimate of drug-likeness (QED) is 0.698. The van der Waals surface area contributed by atoms with Crippen molar-refractivity contribution in [3.05, 3.63) is 65.4 Å². The Kier molecular flexibility index (Phi) is 4.64. The third-order valence-electron chi connectivity index (χ3n) is 4.51. The second kappa shape index (κ2) is 7.25. The van der Waals surface area contributed by atoms with Crippen molar-refractivity contribution in [2.75, 3.05) is 12.4 Å². The largest absolute Gasteiger partial charge is 0.451 e. The molecule has 2 N–H and O–H groups in total. The third-order valence-corrected chi connectivity index (χ3v) is 4.51. The number of nitrogens with one attached hydrogen (secondary N) is 2. The van der Waals surface area contributed by atoms with Gasteiger partial charge in [0.05, 0.1) is 6.61 Å². The van der Waals surface area contributed by atoms with E-state index in [-0.39, 0.29) is 24.2 Å². The number of methoxy groups -OCH3 is 1. The fourth-order valence-corrected chi connectivity index (χ4v) is 2.96. The highest BCUT2D eigenvalue weighted by Gasteiger charge is 2.24. The Bertz CT molecular complexity index is 987. The summed E-state index contributed by atoms with van der Waals surface area (Å²) in [5.74, 6) is -0.211. The van der Waals surface area contributed by atoms with Gasteiger partial charge in [-0.05, 0) is 43.2 Å². The van der Waals surface area contributed by atoms with Crippen LogP contribution in [0, 0.1) is 0 Å². The highest BCUT2D eigenvalue weighted by Crippen LogP contribution is 2.27. The molecule has 0 radical (unpaired) electrons. The first-order chi connectivity index (χ1) is 13.2. The van der Waals surface area contributed by atoms with Crippen LogP contribution in [0.5, 0.6) is 0 Å². The van der Waals surface area contributed by atoms with Crippen LogP contribution in [0.15, 0.2) is 52.9 Å². The summed E-state index contributed by atoms with van der Waals surface area (Å²) in [5.41, 5.74) is 2.52. The molecule has 1 aliphatic rings. The highest BCUT2D eigenvalue weighted by molar-refractivity contribution is 6.06. The van der Waals surface area contributed by atoms with Gasteiger partial charge in [-0.2, -0.15) is 0 Å². The molecule has 0 saturated heterocycles.